The van der Waals surface area contributed by atoms with Crippen LogP contribution in [0, 0.1) is 18.6 Å². The molecule has 1 atom stereocenters. The maximum absolute atomic E-state index is 13.7. The van der Waals surface area contributed by atoms with Crippen LogP contribution in [-0.2, 0) is 0 Å². The molecule has 1 unspecified atom stereocenters. The van der Waals surface area contributed by atoms with Crippen LogP contribution in [0.1, 0.15) is 22.0 Å². The van der Waals surface area contributed by atoms with Gasteiger partial charge in [-0.15, -0.1) is 11.3 Å². The lowest BCUT2D eigenvalue weighted by atomic mass is 10.0. The fourth-order valence-corrected chi connectivity index (χ4v) is 2.63. The molecule has 0 aliphatic heterocycles. The first kappa shape index (κ1) is 12.5. The monoisotopic (exact) mass is 273 g/mol. The zero-order valence-electron chi connectivity index (χ0n) is 9.01. The van der Waals surface area contributed by atoms with Gasteiger partial charge in [-0.05, 0) is 24.6 Å². The van der Waals surface area contributed by atoms with Gasteiger partial charge in [0.05, 0.1) is 10.4 Å². The molecule has 17 heavy (non-hydrogen) atoms. The van der Waals surface area contributed by atoms with E-state index in [1.54, 1.807) is 12.1 Å². The van der Waals surface area contributed by atoms with E-state index in [1.165, 1.54) is 30.4 Å². The van der Waals surface area contributed by atoms with Crippen molar-refractivity contribution in [1.29, 1.82) is 0 Å². The fourth-order valence-electron chi connectivity index (χ4n) is 1.55. The van der Waals surface area contributed by atoms with Crippen molar-refractivity contribution in [2.45, 2.75) is 13.0 Å². The van der Waals surface area contributed by atoms with Crippen molar-refractivity contribution in [2.75, 3.05) is 0 Å². The Morgan fingerprint density at radius 2 is 1.88 bits per heavy atom. The lowest BCUT2D eigenvalue weighted by Gasteiger charge is -2.12. The molecule has 0 amide bonds. The van der Waals surface area contributed by atoms with Gasteiger partial charge in [-0.1, -0.05) is 23.7 Å². The van der Waals surface area contributed by atoms with Crippen LogP contribution in [0.5, 0.6) is 0 Å². The number of hydrogen-bond acceptors (Lipinski definition) is 2. The number of halogens is 3. The topological polar surface area (TPSA) is 26.0 Å². The summed E-state index contributed by atoms with van der Waals surface area (Å²) in [6, 6.07) is 5.73. The lowest BCUT2D eigenvalue weighted by molar-refractivity contribution is 0.490. The Morgan fingerprint density at radius 1 is 1.18 bits per heavy atom. The first-order valence-corrected chi connectivity index (χ1v) is 6.15. The van der Waals surface area contributed by atoms with Crippen molar-refractivity contribution in [3.05, 3.63) is 56.2 Å². The molecule has 2 aromatic rings. The quantitative estimate of drug-likeness (QED) is 0.878. The number of benzene rings is 1. The second-order valence-corrected chi connectivity index (χ2v) is 5.47. The van der Waals surface area contributed by atoms with E-state index in [-0.39, 0.29) is 11.1 Å². The van der Waals surface area contributed by atoms with Gasteiger partial charge in [0.2, 0.25) is 0 Å². The summed E-state index contributed by atoms with van der Waals surface area (Å²) in [4.78, 5) is 0.706. The second kappa shape index (κ2) is 4.72. The van der Waals surface area contributed by atoms with E-state index < -0.39 is 17.7 Å². The second-order valence-electron chi connectivity index (χ2n) is 3.72. The maximum Gasteiger partial charge on any atom is 0.164 e. The van der Waals surface area contributed by atoms with E-state index in [9.17, 15) is 8.78 Å². The van der Waals surface area contributed by atoms with E-state index in [0.717, 1.165) is 0 Å². The molecule has 1 heterocycles. The Morgan fingerprint density at radius 3 is 2.47 bits per heavy atom. The van der Waals surface area contributed by atoms with Crippen molar-refractivity contribution in [3.8, 4) is 0 Å². The van der Waals surface area contributed by atoms with Gasteiger partial charge < -0.3 is 5.73 Å². The molecule has 0 aliphatic rings. The Labute approximate surface area is 107 Å². The Kier molecular flexibility index (Phi) is 3.47. The number of rotatable bonds is 2. The van der Waals surface area contributed by atoms with E-state index in [2.05, 4.69) is 0 Å². The minimum atomic E-state index is -0.887. The number of hydrogen-bond donors (Lipinski definition) is 1. The smallest absolute Gasteiger partial charge is 0.164 e. The summed E-state index contributed by atoms with van der Waals surface area (Å²) in [5.41, 5.74) is 6.31. The third kappa shape index (κ3) is 2.34. The Balaban J connectivity index is 2.44. The maximum atomic E-state index is 13.7. The average Bonchev–Trinajstić information content (AvgIpc) is 2.72. The first-order chi connectivity index (χ1) is 8.00. The van der Waals surface area contributed by atoms with Crippen molar-refractivity contribution < 1.29 is 8.78 Å². The number of nitrogens with two attached hydrogens (primary N) is 1. The van der Waals surface area contributed by atoms with Gasteiger partial charge in [0.25, 0.3) is 0 Å². The van der Waals surface area contributed by atoms with Crippen molar-refractivity contribution in [3.63, 3.8) is 0 Å². The standard InChI is InChI=1S/C12H10ClF2NS/c1-6-2-3-7(11(15)10(6)14)12(16)8-4-5-9(13)17-8/h2-5,12H,16H2,1H3. The predicted octanol–water partition coefficient (Wildman–Crippen LogP) is 4.04. The highest BCUT2D eigenvalue weighted by Crippen LogP contribution is 2.31. The summed E-state index contributed by atoms with van der Waals surface area (Å²) in [6.45, 7) is 1.51. The highest BCUT2D eigenvalue weighted by atomic mass is 35.5. The zero-order valence-corrected chi connectivity index (χ0v) is 10.6. The van der Waals surface area contributed by atoms with Crippen LogP contribution in [0.4, 0.5) is 8.78 Å². The molecule has 0 radical (unpaired) electrons. The largest absolute Gasteiger partial charge is 0.320 e. The molecule has 0 bridgehead atoms. The third-order valence-electron chi connectivity index (χ3n) is 2.54. The molecule has 2 rings (SSSR count). The number of thiophene rings is 1. The van der Waals surface area contributed by atoms with Gasteiger partial charge in [-0.3, -0.25) is 0 Å². The normalized spacial score (nSPS) is 12.8. The molecule has 0 saturated heterocycles. The SMILES string of the molecule is Cc1ccc(C(N)c2ccc(Cl)s2)c(F)c1F. The molecule has 1 aromatic heterocycles. The van der Waals surface area contributed by atoms with E-state index in [0.29, 0.717) is 9.21 Å². The summed E-state index contributed by atoms with van der Waals surface area (Å²) in [5.74, 6) is -1.73. The van der Waals surface area contributed by atoms with Gasteiger partial charge in [0.15, 0.2) is 11.6 Å². The van der Waals surface area contributed by atoms with Crippen LogP contribution >= 0.6 is 22.9 Å². The molecule has 0 spiro atoms. The average molecular weight is 274 g/mol. The van der Waals surface area contributed by atoms with Gasteiger partial charge in [-0.25, -0.2) is 8.78 Å². The molecular weight excluding hydrogens is 264 g/mol. The lowest BCUT2D eigenvalue weighted by Crippen LogP contribution is -2.13. The van der Waals surface area contributed by atoms with Crippen LogP contribution in [0.3, 0.4) is 0 Å². The van der Waals surface area contributed by atoms with Crippen LogP contribution in [0.2, 0.25) is 4.34 Å². The van der Waals surface area contributed by atoms with Gasteiger partial charge in [0, 0.05) is 10.4 Å². The molecule has 1 aromatic carbocycles. The van der Waals surface area contributed by atoms with Gasteiger partial charge >= 0.3 is 0 Å². The minimum absolute atomic E-state index is 0.145. The van der Waals surface area contributed by atoms with Gasteiger partial charge in [-0.2, -0.15) is 0 Å². The van der Waals surface area contributed by atoms with Gasteiger partial charge in [0.1, 0.15) is 0 Å². The number of aryl methyl sites for hydroxylation is 1. The third-order valence-corrected chi connectivity index (χ3v) is 3.86. The van der Waals surface area contributed by atoms with Crippen molar-refractivity contribution in [2.24, 2.45) is 5.73 Å². The fraction of sp³-hybridized carbons (Fsp3) is 0.167. The van der Waals surface area contributed by atoms with Crippen LogP contribution < -0.4 is 5.73 Å². The highest BCUT2D eigenvalue weighted by molar-refractivity contribution is 7.16. The summed E-state index contributed by atoms with van der Waals surface area (Å²) in [5, 5.41) is 0. The highest BCUT2D eigenvalue weighted by Gasteiger charge is 2.19. The Bertz CT molecular complexity index is 553. The van der Waals surface area contributed by atoms with E-state index in [4.69, 9.17) is 17.3 Å². The molecule has 0 aliphatic carbocycles. The molecule has 5 heteroatoms. The van der Waals surface area contributed by atoms with Crippen molar-refractivity contribution in [1.82, 2.24) is 0 Å². The summed E-state index contributed by atoms with van der Waals surface area (Å²) in [7, 11) is 0. The zero-order chi connectivity index (χ0) is 12.6. The molecule has 1 nitrogen and oxygen atoms in total. The van der Waals surface area contributed by atoms with E-state index >= 15 is 0 Å². The molecule has 90 valence electrons. The summed E-state index contributed by atoms with van der Waals surface area (Å²) < 4.78 is 27.7. The Hall–Kier alpha value is -0.970. The van der Waals surface area contributed by atoms with Crippen molar-refractivity contribution >= 4 is 22.9 Å². The van der Waals surface area contributed by atoms with E-state index in [1.807, 2.05) is 0 Å². The summed E-state index contributed by atoms with van der Waals surface area (Å²) >= 11 is 7.04. The first-order valence-electron chi connectivity index (χ1n) is 4.96. The molecular formula is C12H10ClF2NS. The van der Waals surface area contributed by atoms with Crippen LogP contribution in [-0.4, -0.2) is 0 Å². The van der Waals surface area contributed by atoms with Crippen LogP contribution in [0.25, 0.3) is 0 Å². The molecule has 2 N–H and O–H groups in total. The minimum Gasteiger partial charge on any atom is -0.320 e. The summed E-state index contributed by atoms with van der Waals surface area (Å²) in [6.07, 6.45) is 0. The molecule has 0 saturated carbocycles. The predicted molar refractivity (Wildman–Crippen MR) is 66.5 cm³/mol. The molecule has 0 fully saturated rings. The van der Waals surface area contributed by atoms with Crippen LogP contribution in [0.15, 0.2) is 24.3 Å².